The monoisotopic (exact) mass is 343 g/mol. The molecule has 2 aromatic carbocycles. The van der Waals surface area contributed by atoms with E-state index in [1.54, 1.807) is 6.20 Å². The molecular formula is C22H21N3O. The van der Waals surface area contributed by atoms with E-state index in [-0.39, 0.29) is 5.41 Å². The second-order valence-corrected chi connectivity index (χ2v) is 7.30. The number of fused-ring (bicyclic) bond motifs is 4. The lowest BCUT2D eigenvalue weighted by Crippen LogP contribution is -2.61. The summed E-state index contributed by atoms with van der Waals surface area (Å²) >= 11 is 0. The zero-order chi connectivity index (χ0) is 17.9. The maximum absolute atomic E-state index is 6.74. The van der Waals surface area contributed by atoms with Gasteiger partial charge in [-0.15, -0.1) is 0 Å². The molecule has 1 spiro atoms. The van der Waals surface area contributed by atoms with Crippen LogP contribution < -0.4 is 9.64 Å². The summed E-state index contributed by atoms with van der Waals surface area (Å²) in [5, 5.41) is 1.02. The summed E-state index contributed by atoms with van der Waals surface area (Å²) < 4.78 is 6.74. The summed E-state index contributed by atoms with van der Waals surface area (Å²) in [6.07, 6.45) is 4.75. The second-order valence-electron chi connectivity index (χ2n) is 7.30. The first-order valence-corrected chi connectivity index (χ1v) is 9.06. The molecule has 3 heterocycles. The van der Waals surface area contributed by atoms with Gasteiger partial charge in [0, 0.05) is 24.3 Å². The van der Waals surface area contributed by atoms with Gasteiger partial charge in [-0.25, -0.2) is 0 Å². The Balaban J connectivity index is 1.73. The highest BCUT2D eigenvalue weighted by Gasteiger charge is 2.60. The van der Waals surface area contributed by atoms with Crippen LogP contribution in [0.3, 0.4) is 0 Å². The van der Waals surface area contributed by atoms with E-state index >= 15 is 0 Å². The maximum Gasteiger partial charge on any atom is 0.228 e. The van der Waals surface area contributed by atoms with Crippen LogP contribution >= 0.6 is 0 Å². The molecule has 0 amide bonds. The van der Waals surface area contributed by atoms with Crippen molar-refractivity contribution in [3.05, 3.63) is 60.3 Å². The van der Waals surface area contributed by atoms with Crippen LogP contribution in [0.15, 0.2) is 59.7 Å². The molecule has 0 saturated carbocycles. The topological polar surface area (TPSA) is 37.7 Å². The number of ether oxygens (including phenoxy) is 1. The van der Waals surface area contributed by atoms with Gasteiger partial charge >= 0.3 is 0 Å². The number of aromatic nitrogens is 1. The second kappa shape index (κ2) is 5.07. The molecular weight excluding hydrogens is 322 g/mol. The first-order valence-electron chi connectivity index (χ1n) is 9.06. The van der Waals surface area contributed by atoms with E-state index in [1.807, 2.05) is 30.5 Å². The summed E-state index contributed by atoms with van der Waals surface area (Å²) in [5.74, 6) is 0.812. The van der Waals surface area contributed by atoms with E-state index in [4.69, 9.17) is 9.73 Å². The van der Waals surface area contributed by atoms with E-state index in [0.717, 1.165) is 28.8 Å². The van der Waals surface area contributed by atoms with Gasteiger partial charge in [0.05, 0.1) is 17.1 Å². The minimum atomic E-state index is -0.631. The summed E-state index contributed by atoms with van der Waals surface area (Å²) in [4.78, 5) is 11.6. The van der Waals surface area contributed by atoms with Gasteiger partial charge in [0.25, 0.3) is 0 Å². The van der Waals surface area contributed by atoms with Crippen LogP contribution in [0.1, 0.15) is 25.8 Å². The number of benzene rings is 2. The Morgan fingerprint density at radius 1 is 1.08 bits per heavy atom. The number of pyridine rings is 1. The third-order valence-electron chi connectivity index (χ3n) is 6.21. The van der Waals surface area contributed by atoms with Crippen LogP contribution in [0.5, 0.6) is 5.75 Å². The van der Waals surface area contributed by atoms with Crippen molar-refractivity contribution in [3.63, 3.8) is 0 Å². The van der Waals surface area contributed by atoms with Crippen LogP contribution in [0, 0.1) is 0 Å². The maximum atomic E-state index is 6.74. The Bertz CT molecular complexity index is 1060. The van der Waals surface area contributed by atoms with Gasteiger partial charge in [0.15, 0.2) is 0 Å². The van der Waals surface area contributed by atoms with Gasteiger partial charge < -0.3 is 9.64 Å². The van der Waals surface area contributed by atoms with Gasteiger partial charge in [-0.05, 0) is 49.2 Å². The van der Waals surface area contributed by atoms with E-state index in [0.29, 0.717) is 0 Å². The molecule has 2 aliphatic heterocycles. The lowest BCUT2D eigenvalue weighted by molar-refractivity contribution is 0.0706. The molecule has 2 atom stereocenters. The SMILES string of the molecule is CCC1(C)c2ccccc2N(C)C12C=Nc1c(ccc3ncccc13)O2. The lowest BCUT2D eigenvalue weighted by Gasteiger charge is -2.46. The van der Waals surface area contributed by atoms with Crippen LogP contribution in [-0.4, -0.2) is 24.0 Å². The highest BCUT2D eigenvalue weighted by atomic mass is 16.5. The zero-order valence-corrected chi connectivity index (χ0v) is 15.2. The van der Waals surface area contributed by atoms with Crippen LogP contribution in [0.25, 0.3) is 10.9 Å². The predicted molar refractivity (Wildman–Crippen MR) is 106 cm³/mol. The number of aliphatic imine (C=N–C) groups is 1. The third kappa shape index (κ3) is 1.69. The number of para-hydroxylation sites is 1. The molecule has 0 radical (unpaired) electrons. The summed E-state index contributed by atoms with van der Waals surface area (Å²) in [5.41, 5.74) is 3.49. The molecule has 0 fully saturated rings. The molecule has 26 heavy (non-hydrogen) atoms. The quantitative estimate of drug-likeness (QED) is 0.634. The third-order valence-corrected chi connectivity index (χ3v) is 6.21. The van der Waals surface area contributed by atoms with Crippen LogP contribution in [-0.2, 0) is 5.41 Å². The van der Waals surface area contributed by atoms with Gasteiger partial charge in [-0.3, -0.25) is 9.98 Å². The van der Waals surface area contributed by atoms with Crippen molar-refractivity contribution in [3.8, 4) is 5.75 Å². The van der Waals surface area contributed by atoms with Crippen molar-refractivity contribution in [1.29, 1.82) is 0 Å². The molecule has 3 aromatic rings. The van der Waals surface area contributed by atoms with Crippen LogP contribution in [0.2, 0.25) is 0 Å². The number of hydrogen-bond donors (Lipinski definition) is 0. The number of hydrogen-bond acceptors (Lipinski definition) is 4. The molecule has 4 nitrogen and oxygen atoms in total. The molecule has 0 saturated heterocycles. The first-order chi connectivity index (χ1) is 12.6. The highest BCUT2D eigenvalue weighted by molar-refractivity contribution is 5.98. The molecule has 5 rings (SSSR count). The summed E-state index contributed by atoms with van der Waals surface area (Å²) in [6, 6.07) is 16.5. The van der Waals surface area contributed by atoms with E-state index < -0.39 is 5.72 Å². The Labute approximate surface area is 153 Å². The Hall–Kier alpha value is -2.88. The van der Waals surface area contributed by atoms with Crippen molar-refractivity contribution in [1.82, 2.24) is 4.98 Å². The molecule has 1 aromatic heterocycles. The molecule has 130 valence electrons. The predicted octanol–water partition coefficient (Wildman–Crippen LogP) is 4.84. The number of rotatable bonds is 1. The van der Waals surface area contributed by atoms with Crippen molar-refractivity contribution < 1.29 is 4.74 Å². The number of likely N-dealkylation sites (N-methyl/N-ethyl adjacent to an activating group) is 1. The Kier molecular flexibility index (Phi) is 3.00. The largest absolute Gasteiger partial charge is 0.459 e. The van der Waals surface area contributed by atoms with E-state index in [9.17, 15) is 0 Å². The van der Waals surface area contributed by atoms with Crippen molar-refractivity contribution in [2.24, 2.45) is 4.99 Å². The molecule has 0 N–H and O–H groups in total. The molecule has 0 aliphatic carbocycles. The van der Waals surface area contributed by atoms with Crippen molar-refractivity contribution in [2.45, 2.75) is 31.4 Å². The van der Waals surface area contributed by atoms with Gasteiger partial charge in [0.2, 0.25) is 5.72 Å². The van der Waals surface area contributed by atoms with Gasteiger partial charge in [-0.2, -0.15) is 0 Å². The van der Waals surface area contributed by atoms with Gasteiger partial charge in [0.1, 0.15) is 11.4 Å². The fraction of sp³-hybridized carbons (Fsp3) is 0.273. The average Bonchev–Trinajstić information content (AvgIpc) is 2.88. The lowest BCUT2D eigenvalue weighted by atomic mass is 9.73. The summed E-state index contributed by atoms with van der Waals surface area (Å²) in [6.45, 7) is 4.49. The molecule has 4 heteroatoms. The molecule has 2 unspecified atom stereocenters. The van der Waals surface area contributed by atoms with Crippen molar-refractivity contribution >= 4 is 28.5 Å². The first kappa shape index (κ1) is 15.4. The van der Waals surface area contributed by atoms with Gasteiger partial charge in [-0.1, -0.05) is 25.1 Å². The average molecular weight is 343 g/mol. The number of nitrogens with zero attached hydrogens (tertiary/aromatic N) is 3. The van der Waals surface area contributed by atoms with E-state index in [2.05, 4.69) is 55.0 Å². The smallest absolute Gasteiger partial charge is 0.228 e. The normalized spacial score (nSPS) is 26.0. The number of anilines is 1. The molecule has 2 aliphatic rings. The van der Waals surface area contributed by atoms with Crippen molar-refractivity contribution in [2.75, 3.05) is 11.9 Å². The highest BCUT2D eigenvalue weighted by Crippen LogP contribution is 2.55. The Morgan fingerprint density at radius 2 is 1.92 bits per heavy atom. The fourth-order valence-corrected chi connectivity index (χ4v) is 4.51. The zero-order valence-electron chi connectivity index (χ0n) is 15.2. The van der Waals surface area contributed by atoms with E-state index in [1.165, 1.54) is 11.3 Å². The fourth-order valence-electron chi connectivity index (χ4n) is 4.51. The Morgan fingerprint density at radius 3 is 2.77 bits per heavy atom. The molecule has 0 bridgehead atoms. The summed E-state index contributed by atoms with van der Waals surface area (Å²) in [7, 11) is 2.10. The minimum Gasteiger partial charge on any atom is -0.459 e. The minimum absolute atomic E-state index is 0.191. The standard InChI is InChI=1S/C22H21N3O/c1-4-21(2)16-9-5-6-10-18(16)25(3)22(21)14-24-20-15-8-7-13-23-17(15)11-12-19(20)26-22/h5-14H,4H2,1-3H3. The van der Waals surface area contributed by atoms with Crippen LogP contribution in [0.4, 0.5) is 11.4 Å².